The summed E-state index contributed by atoms with van der Waals surface area (Å²) in [6.07, 6.45) is 5.76. The van der Waals surface area contributed by atoms with E-state index in [4.69, 9.17) is 4.98 Å². The lowest BCUT2D eigenvalue weighted by Gasteiger charge is -2.27. The van der Waals surface area contributed by atoms with Gasteiger partial charge in [0.15, 0.2) is 5.82 Å². The molecule has 4 rings (SSSR count). The summed E-state index contributed by atoms with van der Waals surface area (Å²) in [7, 11) is 0. The van der Waals surface area contributed by atoms with Crippen LogP contribution in [0.5, 0.6) is 0 Å². The molecule has 0 spiro atoms. The summed E-state index contributed by atoms with van der Waals surface area (Å²) < 4.78 is 13.2. The van der Waals surface area contributed by atoms with Gasteiger partial charge in [0.05, 0.1) is 16.8 Å². The van der Waals surface area contributed by atoms with Gasteiger partial charge < -0.3 is 0 Å². The van der Waals surface area contributed by atoms with Gasteiger partial charge in [-0.05, 0) is 23.1 Å². The minimum Gasteiger partial charge on any atom is -0.294 e. The Morgan fingerprint density at radius 3 is 3.04 bits per heavy atom. The van der Waals surface area contributed by atoms with Crippen molar-refractivity contribution in [3.05, 3.63) is 64.8 Å². The fourth-order valence-corrected chi connectivity index (χ4v) is 3.50. The van der Waals surface area contributed by atoms with E-state index in [2.05, 4.69) is 14.9 Å². The first-order chi connectivity index (χ1) is 11.3. The molecular weight excluding hydrogens is 311 g/mol. The second kappa shape index (κ2) is 6.14. The Kier molecular flexibility index (Phi) is 3.85. The first-order valence-corrected chi connectivity index (χ1v) is 8.36. The van der Waals surface area contributed by atoms with Gasteiger partial charge in [-0.15, -0.1) is 11.3 Å². The second-order valence-electron chi connectivity index (χ2n) is 5.61. The van der Waals surface area contributed by atoms with Gasteiger partial charge >= 0.3 is 0 Å². The summed E-state index contributed by atoms with van der Waals surface area (Å²) in [6.45, 7) is 2.39. The Hall–Kier alpha value is -2.18. The average Bonchev–Trinajstić information content (AvgIpc) is 3.09. The third kappa shape index (κ3) is 3.13. The third-order valence-electron chi connectivity index (χ3n) is 3.92. The van der Waals surface area contributed by atoms with E-state index in [9.17, 15) is 4.39 Å². The van der Waals surface area contributed by atoms with E-state index < -0.39 is 0 Å². The fraction of sp³-hybridized carbons (Fsp3) is 0.235. The Balaban J connectivity index is 1.51. The fourth-order valence-electron chi connectivity index (χ4n) is 2.83. The predicted molar refractivity (Wildman–Crippen MR) is 87.4 cm³/mol. The molecule has 0 amide bonds. The van der Waals surface area contributed by atoms with Crippen LogP contribution in [0, 0.1) is 5.82 Å². The van der Waals surface area contributed by atoms with Crippen LogP contribution in [0.1, 0.15) is 16.8 Å². The topological polar surface area (TPSA) is 41.9 Å². The highest BCUT2D eigenvalue weighted by Gasteiger charge is 2.19. The lowest BCUT2D eigenvalue weighted by atomic mass is 10.1. The molecule has 0 radical (unpaired) electrons. The van der Waals surface area contributed by atoms with E-state index in [1.807, 2.05) is 23.7 Å². The molecule has 0 N–H and O–H groups in total. The summed E-state index contributed by atoms with van der Waals surface area (Å²) in [6, 6.07) is 5.59. The minimum atomic E-state index is -0.288. The lowest BCUT2D eigenvalue weighted by molar-refractivity contribution is 0.242. The molecule has 0 atom stereocenters. The summed E-state index contributed by atoms with van der Waals surface area (Å²) in [5.41, 5.74) is 3.17. The molecule has 0 aliphatic carbocycles. The van der Waals surface area contributed by atoms with Gasteiger partial charge in [0.2, 0.25) is 0 Å². The van der Waals surface area contributed by atoms with Crippen LogP contribution in [0.3, 0.4) is 0 Å². The first kappa shape index (κ1) is 14.4. The molecule has 3 aromatic heterocycles. The maximum absolute atomic E-state index is 13.2. The summed E-state index contributed by atoms with van der Waals surface area (Å²) >= 11 is 1.65. The molecule has 0 saturated carbocycles. The van der Waals surface area contributed by atoms with Crippen LogP contribution in [-0.4, -0.2) is 26.4 Å². The molecule has 116 valence electrons. The molecule has 0 bridgehead atoms. The van der Waals surface area contributed by atoms with E-state index in [1.165, 1.54) is 6.20 Å². The number of hydrogen-bond acceptors (Lipinski definition) is 5. The first-order valence-electron chi connectivity index (χ1n) is 7.48. The number of fused-ring (bicyclic) bond motifs is 1. The zero-order valence-electron chi connectivity index (χ0n) is 12.4. The van der Waals surface area contributed by atoms with Gasteiger partial charge in [0.1, 0.15) is 5.82 Å². The Labute approximate surface area is 137 Å². The Morgan fingerprint density at radius 1 is 1.26 bits per heavy atom. The predicted octanol–water partition coefficient (Wildman–Crippen LogP) is 3.30. The minimum absolute atomic E-state index is 0.288. The van der Waals surface area contributed by atoms with Crippen molar-refractivity contribution in [2.75, 3.05) is 6.54 Å². The van der Waals surface area contributed by atoms with E-state index in [0.29, 0.717) is 6.54 Å². The summed E-state index contributed by atoms with van der Waals surface area (Å²) in [4.78, 5) is 16.5. The van der Waals surface area contributed by atoms with Crippen LogP contribution in [-0.2, 0) is 19.5 Å². The van der Waals surface area contributed by atoms with Gasteiger partial charge in [-0.2, -0.15) is 0 Å². The number of aromatic nitrogens is 3. The van der Waals surface area contributed by atoms with E-state index in [0.717, 1.165) is 47.0 Å². The van der Waals surface area contributed by atoms with Gasteiger partial charge in [-0.3, -0.25) is 9.88 Å². The normalized spacial score (nSPS) is 14.7. The van der Waals surface area contributed by atoms with Gasteiger partial charge in [0.25, 0.3) is 0 Å². The third-order valence-corrected chi connectivity index (χ3v) is 4.79. The Bertz CT molecular complexity index is 819. The molecule has 23 heavy (non-hydrogen) atoms. The highest BCUT2D eigenvalue weighted by atomic mass is 32.1. The summed E-state index contributed by atoms with van der Waals surface area (Å²) in [5, 5.41) is 2.03. The van der Waals surface area contributed by atoms with Crippen LogP contribution in [0.15, 0.2) is 42.2 Å². The van der Waals surface area contributed by atoms with Crippen LogP contribution >= 0.6 is 11.3 Å². The molecule has 1 aliphatic rings. The highest BCUT2D eigenvalue weighted by molar-refractivity contribution is 7.13. The number of pyridine rings is 1. The lowest BCUT2D eigenvalue weighted by Crippen LogP contribution is -2.31. The molecule has 1 aliphatic heterocycles. The van der Waals surface area contributed by atoms with Crippen molar-refractivity contribution >= 4 is 11.3 Å². The molecular formula is C17H15FN4S. The van der Waals surface area contributed by atoms with Crippen molar-refractivity contribution < 1.29 is 4.39 Å². The number of halogens is 1. The maximum atomic E-state index is 13.2. The van der Waals surface area contributed by atoms with Crippen molar-refractivity contribution in [1.82, 2.24) is 19.9 Å². The van der Waals surface area contributed by atoms with Gasteiger partial charge in [0, 0.05) is 44.0 Å². The van der Waals surface area contributed by atoms with Crippen molar-refractivity contribution in [2.24, 2.45) is 0 Å². The summed E-state index contributed by atoms with van der Waals surface area (Å²) in [5.74, 6) is 0.519. The van der Waals surface area contributed by atoms with Crippen LogP contribution < -0.4 is 0 Å². The van der Waals surface area contributed by atoms with Crippen LogP contribution in [0.4, 0.5) is 4.39 Å². The number of thiophene rings is 1. The van der Waals surface area contributed by atoms with E-state index in [-0.39, 0.29) is 5.82 Å². The highest BCUT2D eigenvalue weighted by Crippen LogP contribution is 2.24. The molecule has 6 heteroatoms. The van der Waals surface area contributed by atoms with Crippen LogP contribution in [0.25, 0.3) is 10.7 Å². The molecule has 0 fully saturated rings. The van der Waals surface area contributed by atoms with Gasteiger partial charge in [-0.1, -0.05) is 6.07 Å². The zero-order chi connectivity index (χ0) is 15.6. The molecule has 0 unspecified atom stereocenters. The van der Waals surface area contributed by atoms with Crippen LogP contribution in [0.2, 0.25) is 0 Å². The Morgan fingerprint density at radius 2 is 2.22 bits per heavy atom. The zero-order valence-corrected chi connectivity index (χ0v) is 13.3. The van der Waals surface area contributed by atoms with Crippen molar-refractivity contribution in [2.45, 2.75) is 19.5 Å². The smallest absolute Gasteiger partial charge is 0.169 e. The number of nitrogens with zero attached hydrogens (tertiary/aromatic N) is 4. The van der Waals surface area contributed by atoms with E-state index >= 15 is 0 Å². The quantitative estimate of drug-likeness (QED) is 0.740. The second-order valence-corrected chi connectivity index (χ2v) is 6.56. The molecule has 4 heterocycles. The molecule has 0 saturated heterocycles. The molecule has 0 aromatic carbocycles. The monoisotopic (exact) mass is 326 g/mol. The van der Waals surface area contributed by atoms with E-state index in [1.54, 1.807) is 23.6 Å². The molecule has 3 aromatic rings. The molecule has 4 nitrogen and oxygen atoms in total. The average molecular weight is 326 g/mol. The number of rotatable bonds is 3. The van der Waals surface area contributed by atoms with Crippen molar-refractivity contribution in [3.63, 3.8) is 0 Å². The SMILES string of the molecule is Fc1cncc(CN2CCc3nc(-c4cccs4)ncc3C2)c1. The standard InChI is InChI=1S/C17H15FN4S/c18-14-6-12(7-19-9-14)10-22-4-3-15-13(11-22)8-20-17(21-15)16-2-1-5-23-16/h1-2,5-9H,3-4,10-11H2. The largest absolute Gasteiger partial charge is 0.294 e. The maximum Gasteiger partial charge on any atom is 0.169 e. The van der Waals surface area contributed by atoms with Gasteiger partial charge in [-0.25, -0.2) is 14.4 Å². The van der Waals surface area contributed by atoms with Crippen molar-refractivity contribution in [1.29, 1.82) is 0 Å². The number of hydrogen-bond donors (Lipinski definition) is 0. The van der Waals surface area contributed by atoms with Crippen molar-refractivity contribution in [3.8, 4) is 10.7 Å².